The summed E-state index contributed by atoms with van der Waals surface area (Å²) in [6.07, 6.45) is 1.90. The number of carbonyl (C=O) groups is 1. The van der Waals surface area contributed by atoms with Crippen LogP contribution in [0, 0.1) is 25.5 Å². The fourth-order valence-electron chi connectivity index (χ4n) is 2.47. The Morgan fingerprint density at radius 2 is 2.00 bits per heavy atom. The number of amides is 1. The van der Waals surface area contributed by atoms with Crippen molar-refractivity contribution in [2.24, 2.45) is 0 Å². The smallest absolute Gasteiger partial charge is 0.253 e. The first kappa shape index (κ1) is 17.3. The highest BCUT2D eigenvalue weighted by Crippen LogP contribution is 2.18. The van der Waals surface area contributed by atoms with Gasteiger partial charge in [-0.2, -0.15) is 4.98 Å². The Hall–Kier alpha value is -2.55. The Kier molecular flexibility index (Phi) is 4.67. The topological polar surface area (TPSA) is 72.2 Å². The van der Waals surface area contributed by atoms with Crippen molar-refractivity contribution in [3.8, 4) is 0 Å². The van der Waals surface area contributed by atoms with Crippen molar-refractivity contribution in [3.63, 3.8) is 0 Å². The second kappa shape index (κ2) is 6.75. The second-order valence-corrected chi connectivity index (χ2v) is 6.20. The summed E-state index contributed by atoms with van der Waals surface area (Å²) >= 11 is 1.40. The molecule has 1 amide bonds. The number of aryl methyl sites for hydroxylation is 2. The third-order valence-electron chi connectivity index (χ3n) is 3.75. The molecule has 0 saturated carbocycles. The van der Waals surface area contributed by atoms with Crippen LogP contribution < -0.4 is 5.32 Å². The van der Waals surface area contributed by atoms with Gasteiger partial charge in [0, 0.05) is 28.7 Å². The maximum absolute atomic E-state index is 13.2. The van der Waals surface area contributed by atoms with Crippen LogP contribution in [-0.4, -0.2) is 31.7 Å². The van der Waals surface area contributed by atoms with Gasteiger partial charge in [-0.05, 0) is 32.2 Å². The fraction of sp³-hybridized carbons (Fsp3) is 0.250. The lowest BCUT2D eigenvalue weighted by Gasteiger charge is -2.11. The van der Waals surface area contributed by atoms with Crippen LogP contribution in [0.4, 0.5) is 14.5 Å². The Morgan fingerprint density at radius 3 is 2.68 bits per heavy atom. The molecule has 0 bridgehead atoms. The molecule has 0 atom stereocenters. The standard InChI is InChI=1S/C16H15F2N5OS/c1-8-11(9(2)23-15(19-8)21-16(22-23)25-3)7-14(24)20-10-4-5-12(17)13(18)6-10/h4-6H,7H2,1-3H3,(H,20,24). The van der Waals surface area contributed by atoms with Crippen LogP contribution >= 0.6 is 11.8 Å². The molecule has 0 aliphatic rings. The SMILES string of the molecule is CSc1nc2nc(C)c(CC(=O)Nc3ccc(F)c(F)c3)c(C)n2n1. The monoisotopic (exact) mass is 363 g/mol. The van der Waals surface area contributed by atoms with Gasteiger partial charge in [0.1, 0.15) is 0 Å². The molecule has 130 valence electrons. The van der Waals surface area contributed by atoms with Crippen molar-refractivity contribution in [2.75, 3.05) is 11.6 Å². The molecule has 0 radical (unpaired) electrons. The number of thioether (sulfide) groups is 1. The molecule has 0 aliphatic heterocycles. The van der Waals surface area contributed by atoms with Gasteiger partial charge in [-0.3, -0.25) is 4.79 Å². The molecule has 9 heteroatoms. The largest absolute Gasteiger partial charge is 0.326 e. The van der Waals surface area contributed by atoms with E-state index in [0.717, 1.165) is 17.8 Å². The van der Waals surface area contributed by atoms with E-state index in [1.54, 1.807) is 11.4 Å². The average Bonchev–Trinajstić information content (AvgIpc) is 2.98. The summed E-state index contributed by atoms with van der Waals surface area (Å²) in [7, 11) is 0. The van der Waals surface area contributed by atoms with E-state index < -0.39 is 11.6 Å². The van der Waals surface area contributed by atoms with Crippen LogP contribution in [0.5, 0.6) is 0 Å². The molecule has 2 aromatic heterocycles. The van der Waals surface area contributed by atoms with Gasteiger partial charge in [0.05, 0.1) is 6.42 Å². The van der Waals surface area contributed by atoms with Crippen LogP contribution in [0.25, 0.3) is 5.78 Å². The number of nitrogens with one attached hydrogen (secondary N) is 1. The van der Waals surface area contributed by atoms with Gasteiger partial charge >= 0.3 is 0 Å². The number of hydrogen-bond donors (Lipinski definition) is 1. The number of benzene rings is 1. The molecule has 25 heavy (non-hydrogen) atoms. The molecule has 0 unspecified atom stereocenters. The summed E-state index contributed by atoms with van der Waals surface area (Å²) in [5.74, 6) is -1.86. The van der Waals surface area contributed by atoms with E-state index in [0.29, 0.717) is 22.2 Å². The van der Waals surface area contributed by atoms with Crippen LogP contribution in [0.15, 0.2) is 23.4 Å². The quantitative estimate of drug-likeness (QED) is 0.722. The van der Waals surface area contributed by atoms with Crippen molar-refractivity contribution >= 4 is 29.1 Å². The maximum atomic E-state index is 13.2. The molecular weight excluding hydrogens is 348 g/mol. The number of nitrogens with zero attached hydrogens (tertiary/aromatic N) is 4. The summed E-state index contributed by atoms with van der Waals surface area (Å²) in [4.78, 5) is 20.9. The lowest BCUT2D eigenvalue weighted by Crippen LogP contribution is -2.18. The predicted molar refractivity (Wildman–Crippen MR) is 90.7 cm³/mol. The molecule has 0 saturated heterocycles. The first-order valence-electron chi connectivity index (χ1n) is 7.40. The molecule has 0 fully saturated rings. The molecule has 0 spiro atoms. The van der Waals surface area contributed by atoms with Crippen molar-refractivity contribution in [2.45, 2.75) is 25.4 Å². The molecule has 0 aliphatic carbocycles. The van der Waals surface area contributed by atoms with E-state index in [-0.39, 0.29) is 18.0 Å². The summed E-state index contributed by atoms with van der Waals surface area (Å²) in [6.45, 7) is 3.63. The van der Waals surface area contributed by atoms with E-state index in [9.17, 15) is 13.6 Å². The predicted octanol–water partition coefficient (Wildman–Crippen LogP) is 2.92. The number of rotatable bonds is 4. The minimum atomic E-state index is -1.01. The van der Waals surface area contributed by atoms with Gasteiger partial charge in [-0.25, -0.2) is 18.3 Å². The zero-order valence-electron chi connectivity index (χ0n) is 13.8. The van der Waals surface area contributed by atoms with Gasteiger partial charge in [0.2, 0.25) is 11.1 Å². The molecule has 2 heterocycles. The normalized spacial score (nSPS) is 11.1. The Balaban J connectivity index is 1.86. The van der Waals surface area contributed by atoms with E-state index in [2.05, 4.69) is 20.4 Å². The molecule has 1 N–H and O–H groups in total. The number of halogens is 2. The molecule has 1 aromatic carbocycles. The third kappa shape index (κ3) is 3.46. The van der Waals surface area contributed by atoms with Gasteiger partial charge in [-0.1, -0.05) is 11.8 Å². The first-order valence-corrected chi connectivity index (χ1v) is 8.63. The molecule has 6 nitrogen and oxygen atoms in total. The van der Waals surface area contributed by atoms with Crippen LogP contribution in [0.1, 0.15) is 17.0 Å². The highest BCUT2D eigenvalue weighted by Gasteiger charge is 2.16. The van der Waals surface area contributed by atoms with Crippen LogP contribution in [-0.2, 0) is 11.2 Å². The van der Waals surface area contributed by atoms with E-state index in [1.807, 2.05) is 13.2 Å². The number of fused-ring (bicyclic) bond motifs is 1. The highest BCUT2D eigenvalue weighted by molar-refractivity contribution is 7.98. The highest BCUT2D eigenvalue weighted by atomic mass is 32.2. The van der Waals surface area contributed by atoms with Gasteiger partial charge < -0.3 is 5.32 Å². The molecule has 3 rings (SSSR count). The summed E-state index contributed by atoms with van der Waals surface area (Å²) < 4.78 is 27.8. The number of anilines is 1. The Labute approximate surface area is 146 Å². The second-order valence-electron chi connectivity index (χ2n) is 5.43. The van der Waals surface area contributed by atoms with Gasteiger partial charge in [0.25, 0.3) is 5.78 Å². The fourth-order valence-corrected chi connectivity index (χ4v) is 2.81. The van der Waals surface area contributed by atoms with Crippen molar-refractivity contribution in [1.29, 1.82) is 0 Å². The maximum Gasteiger partial charge on any atom is 0.253 e. The minimum absolute atomic E-state index is 0.0358. The van der Waals surface area contributed by atoms with Gasteiger partial charge in [-0.15, -0.1) is 5.10 Å². The van der Waals surface area contributed by atoms with Crippen LogP contribution in [0.3, 0.4) is 0 Å². The van der Waals surface area contributed by atoms with Crippen molar-refractivity contribution in [1.82, 2.24) is 19.6 Å². The zero-order chi connectivity index (χ0) is 18.1. The lowest BCUT2D eigenvalue weighted by atomic mass is 10.1. The average molecular weight is 363 g/mol. The van der Waals surface area contributed by atoms with E-state index in [1.165, 1.54) is 17.8 Å². The van der Waals surface area contributed by atoms with E-state index in [4.69, 9.17) is 0 Å². The van der Waals surface area contributed by atoms with Gasteiger partial charge in [0.15, 0.2) is 11.6 Å². The number of aromatic nitrogens is 4. The summed E-state index contributed by atoms with van der Waals surface area (Å²) in [5, 5.41) is 7.48. The lowest BCUT2D eigenvalue weighted by molar-refractivity contribution is -0.115. The van der Waals surface area contributed by atoms with Crippen molar-refractivity contribution < 1.29 is 13.6 Å². The zero-order valence-corrected chi connectivity index (χ0v) is 14.6. The van der Waals surface area contributed by atoms with Crippen LogP contribution in [0.2, 0.25) is 0 Å². The first-order chi connectivity index (χ1) is 11.9. The summed E-state index contributed by atoms with van der Waals surface area (Å²) in [6, 6.07) is 3.21. The summed E-state index contributed by atoms with van der Waals surface area (Å²) in [5.41, 5.74) is 2.34. The molecule has 3 aromatic rings. The third-order valence-corrected chi connectivity index (χ3v) is 4.29. The number of carbonyl (C=O) groups excluding carboxylic acids is 1. The van der Waals surface area contributed by atoms with E-state index >= 15 is 0 Å². The molecular formula is C16H15F2N5OS. The Morgan fingerprint density at radius 1 is 1.24 bits per heavy atom. The minimum Gasteiger partial charge on any atom is -0.326 e. The number of hydrogen-bond acceptors (Lipinski definition) is 5. The Bertz CT molecular complexity index is 973. The van der Waals surface area contributed by atoms with Crippen molar-refractivity contribution in [3.05, 3.63) is 46.8 Å².